The molecule has 28 heavy (non-hydrogen) atoms. The lowest BCUT2D eigenvalue weighted by Gasteiger charge is -2.26. The molecule has 0 unspecified atom stereocenters. The molecule has 5 heteroatoms. The Balaban J connectivity index is 1.69. The van der Waals surface area contributed by atoms with Crippen LogP contribution >= 0.6 is 0 Å². The Morgan fingerprint density at radius 1 is 1.00 bits per heavy atom. The summed E-state index contributed by atoms with van der Waals surface area (Å²) in [5, 5.41) is 4.49. The molecule has 2 aromatic carbocycles. The van der Waals surface area contributed by atoms with Crippen LogP contribution in [0.4, 0.5) is 17.1 Å². The standard InChI is InChI=1S/C23H26N4O/c1-26(2)18-12-10-17(11-13-18)24-21-16-22(23(28)27-14-6-3-7-15-27)25-20-9-5-4-8-19(20)21/h4-5,8-13,16H,3,6-7,14-15H2,1-2H3,(H,24,25). The molecule has 1 aromatic heterocycles. The number of piperidine rings is 1. The van der Waals surface area contributed by atoms with Crippen molar-refractivity contribution in [1.29, 1.82) is 0 Å². The van der Waals surface area contributed by atoms with E-state index in [4.69, 9.17) is 0 Å². The first-order valence-electron chi connectivity index (χ1n) is 9.85. The number of likely N-dealkylation sites (tertiary alicyclic amines) is 1. The van der Waals surface area contributed by atoms with Gasteiger partial charge in [0.2, 0.25) is 0 Å². The predicted octanol–water partition coefficient (Wildman–Crippen LogP) is 4.67. The fourth-order valence-corrected chi connectivity index (χ4v) is 3.65. The minimum Gasteiger partial charge on any atom is -0.378 e. The SMILES string of the molecule is CN(C)c1ccc(Nc2cc(C(=O)N3CCCCC3)nc3ccccc23)cc1. The van der Waals surface area contributed by atoms with Gasteiger partial charge in [-0.3, -0.25) is 4.79 Å². The number of pyridine rings is 1. The van der Waals surface area contributed by atoms with E-state index in [0.29, 0.717) is 5.69 Å². The highest BCUT2D eigenvalue weighted by Crippen LogP contribution is 2.28. The molecule has 0 radical (unpaired) electrons. The minimum atomic E-state index is 0.0245. The van der Waals surface area contributed by atoms with Crippen LogP contribution in [0.3, 0.4) is 0 Å². The van der Waals surface area contributed by atoms with Crippen molar-refractivity contribution in [3.63, 3.8) is 0 Å². The molecular weight excluding hydrogens is 348 g/mol. The molecule has 3 aromatic rings. The van der Waals surface area contributed by atoms with Crippen LogP contribution in [0, 0.1) is 0 Å². The molecule has 1 aliphatic heterocycles. The van der Waals surface area contributed by atoms with Crippen molar-refractivity contribution in [2.45, 2.75) is 19.3 Å². The summed E-state index contributed by atoms with van der Waals surface area (Å²) >= 11 is 0. The van der Waals surface area contributed by atoms with Crippen molar-refractivity contribution in [3.8, 4) is 0 Å². The number of benzene rings is 2. The van der Waals surface area contributed by atoms with Crippen molar-refractivity contribution in [1.82, 2.24) is 9.88 Å². The lowest BCUT2D eigenvalue weighted by molar-refractivity contribution is 0.0719. The largest absolute Gasteiger partial charge is 0.378 e. The average molecular weight is 374 g/mol. The van der Waals surface area contributed by atoms with Crippen LogP contribution in [0.1, 0.15) is 29.8 Å². The summed E-state index contributed by atoms with van der Waals surface area (Å²) in [5.41, 5.74) is 4.37. The topological polar surface area (TPSA) is 48.5 Å². The average Bonchev–Trinajstić information content (AvgIpc) is 2.74. The van der Waals surface area contributed by atoms with E-state index in [-0.39, 0.29) is 5.91 Å². The molecule has 0 bridgehead atoms. The van der Waals surface area contributed by atoms with E-state index in [2.05, 4.69) is 39.5 Å². The van der Waals surface area contributed by atoms with Crippen molar-refractivity contribution in [2.75, 3.05) is 37.4 Å². The first-order valence-corrected chi connectivity index (χ1v) is 9.85. The zero-order valence-corrected chi connectivity index (χ0v) is 16.5. The van der Waals surface area contributed by atoms with E-state index < -0.39 is 0 Å². The number of hydrogen-bond donors (Lipinski definition) is 1. The van der Waals surface area contributed by atoms with Crippen LogP contribution in [0.15, 0.2) is 54.6 Å². The molecule has 1 fully saturated rings. The summed E-state index contributed by atoms with van der Waals surface area (Å²) in [6.45, 7) is 1.64. The third-order valence-electron chi connectivity index (χ3n) is 5.24. The van der Waals surface area contributed by atoms with Gasteiger partial charge >= 0.3 is 0 Å². The van der Waals surface area contributed by atoms with E-state index in [1.807, 2.05) is 49.3 Å². The smallest absolute Gasteiger partial charge is 0.272 e. The van der Waals surface area contributed by atoms with Gasteiger partial charge in [0.05, 0.1) is 11.2 Å². The fraction of sp³-hybridized carbons (Fsp3) is 0.304. The van der Waals surface area contributed by atoms with Gasteiger partial charge in [-0.25, -0.2) is 4.98 Å². The molecule has 1 N–H and O–H groups in total. The van der Waals surface area contributed by atoms with E-state index in [0.717, 1.165) is 53.9 Å². The van der Waals surface area contributed by atoms with E-state index >= 15 is 0 Å². The third-order valence-corrected chi connectivity index (χ3v) is 5.24. The number of hydrogen-bond acceptors (Lipinski definition) is 4. The molecule has 1 aliphatic rings. The molecule has 0 aliphatic carbocycles. The van der Waals surface area contributed by atoms with Crippen LogP contribution in [0.2, 0.25) is 0 Å². The minimum absolute atomic E-state index is 0.0245. The van der Waals surface area contributed by atoms with Gasteiger partial charge in [-0.05, 0) is 55.7 Å². The van der Waals surface area contributed by atoms with Crippen molar-refractivity contribution in [3.05, 3.63) is 60.3 Å². The van der Waals surface area contributed by atoms with Gasteiger partial charge in [-0.1, -0.05) is 18.2 Å². The molecule has 5 nitrogen and oxygen atoms in total. The first-order chi connectivity index (χ1) is 13.6. The number of anilines is 3. The Morgan fingerprint density at radius 3 is 2.43 bits per heavy atom. The molecule has 1 amide bonds. The zero-order valence-electron chi connectivity index (χ0n) is 16.5. The maximum absolute atomic E-state index is 13.0. The molecule has 0 atom stereocenters. The Kier molecular flexibility index (Phi) is 5.15. The van der Waals surface area contributed by atoms with E-state index in [1.54, 1.807) is 0 Å². The Hall–Kier alpha value is -3.08. The highest BCUT2D eigenvalue weighted by Gasteiger charge is 2.20. The van der Waals surface area contributed by atoms with Crippen molar-refractivity contribution >= 4 is 33.9 Å². The quantitative estimate of drug-likeness (QED) is 0.721. The molecule has 2 heterocycles. The normalized spacial score (nSPS) is 14.1. The van der Waals surface area contributed by atoms with Gasteiger partial charge < -0.3 is 15.1 Å². The van der Waals surface area contributed by atoms with Crippen molar-refractivity contribution < 1.29 is 4.79 Å². The number of carbonyl (C=O) groups is 1. The fourth-order valence-electron chi connectivity index (χ4n) is 3.65. The lowest BCUT2D eigenvalue weighted by atomic mass is 10.1. The summed E-state index contributed by atoms with van der Waals surface area (Å²) < 4.78 is 0. The monoisotopic (exact) mass is 374 g/mol. The zero-order chi connectivity index (χ0) is 19.5. The Morgan fingerprint density at radius 2 is 1.71 bits per heavy atom. The summed E-state index contributed by atoms with van der Waals surface area (Å²) in [6.07, 6.45) is 3.34. The number of aromatic nitrogens is 1. The molecule has 0 spiro atoms. The number of para-hydroxylation sites is 1. The highest BCUT2D eigenvalue weighted by molar-refractivity contribution is 6.00. The molecule has 4 rings (SSSR count). The maximum Gasteiger partial charge on any atom is 0.272 e. The number of nitrogens with zero attached hydrogens (tertiary/aromatic N) is 3. The Labute approximate surface area is 166 Å². The second-order valence-corrected chi connectivity index (χ2v) is 7.49. The summed E-state index contributed by atoms with van der Waals surface area (Å²) in [7, 11) is 4.05. The van der Waals surface area contributed by atoms with Gasteiger partial charge in [-0.2, -0.15) is 0 Å². The van der Waals surface area contributed by atoms with Gasteiger partial charge in [0.25, 0.3) is 5.91 Å². The summed E-state index contributed by atoms with van der Waals surface area (Å²) in [4.78, 5) is 21.6. The van der Waals surface area contributed by atoms with Crippen LogP contribution in [0.5, 0.6) is 0 Å². The number of rotatable bonds is 4. The van der Waals surface area contributed by atoms with Crippen LogP contribution < -0.4 is 10.2 Å². The first kappa shape index (κ1) is 18.3. The number of fused-ring (bicyclic) bond motifs is 1. The molecular formula is C23H26N4O. The summed E-state index contributed by atoms with van der Waals surface area (Å²) in [6, 6.07) is 18.1. The number of amides is 1. The second kappa shape index (κ2) is 7.89. The van der Waals surface area contributed by atoms with Crippen LogP contribution in [0.25, 0.3) is 10.9 Å². The number of carbonyl (C=O) groups excluding carboxylic acids is 1. The maximum atomic E-state index is 13.0. The van der Waals surface area contributed by atoms with E-state index in [9.17, 15) is 4.79 Å². The molecule has 0 saturated carbocycles. The molecule has 144 valence electrons. The van der Waals surface area contributed by atoms with Crippen LogP contribution in [-0.2, 0) is 0 Å². The van der Waals surface area contributed by atoms with Gasteiger partial charge in [-0.15, -0.1) is 0 Å². The van der Waals surface area contributed by atoms with Crippen molar-refractivity contribution in [2.24, 2.45) is 0 Å². The van der Waals surface area contributed by atoms with Gasteiger partial charge in [0.1, 0.15) is 5.69 Å². The predicted molar refractivity (Wildman–Crippen MR) is 116 cm³/mol. The van der Waals surface area contributed by atoms with Gasteiger partial charge in [0, 0.05) is 43.9 Å². The van der Waals surface area contributed by atoms with Gasteiger partial charge in [0.15, 0.2) is 0 Å². The lowest BCUT2D eigenvalue weighted by Crippen LogP contribution is -2.36. The van der Waals surface area contributed by atoms with E-state index in [1.165, 1.54) is 6.42 Å². The number of nitrogens with one attached hydrogen (secondary N) is 1. The Bertz CT molecular complexity index is 976. The molecule has 1 saturated heterocycles. The van der Waals surface area contributed by atoms with Crippen LogP contribution in [-0.4, -0.2) is 43.0 Å². The summed E-state index contributed by atoms with van der Waals surface area (Å²) in [5.74, 6) is 0.0245. The second-order valence-electron chi connectivity index (χ2n) is 7.49. The highest BCUT2D eigenvalue weighted by atomic mass is 16.2. The third kappa shape index (κ3) is 3.79.